The molecule has 1 amide bonds. The van der Waals surface area contributed by atoms with Gasteiger partial charge in [-0.3, -0.25) is 4.79 Å². The Morgan fingerprint density at radius 2 is 1.74 bits per heavy atom. The molecule has 8 nitrogen and oxygen atoms in total. The second-order valence-corrected chi connectivity index (χ2v) is 9.25. The zero-order valence-corrected chi connectivity index (χ0v) is 16.0. The summed E-state index contributed by atoms with van der Waals surface area (Å²) in [6, 6.07) is 4.76. The third kappa shape index (κ3) is 3.63. The van der Waals surface area contributed by atoms with Crippen LogP contribution in [0, 0.1) is 5.92 Å². The van der Waals surface area contributed by atoms with Crippen molar-refractivity contribution in [3.8, 4) is 11.5 Å². The van der Waals surface area contributed by atoms with E-state index in [0.717, 1.165) is 6.42 Å². The highest BCUT2D eigenvalue weighted by Gasteiger charge is 2.35. The van der Waals surface area contributed by atoms with Crippen LogP contribution in [0.5, 0.6) is 11.5 Å². The molecule has 1 atom stereocenters. The number of ether oxygens (including phenoxy) is 2. The van der Waals surface area contributed by atoms with E-state index in [2.05, 4.69) is 0 Å². The second-order valence-electron chi connectivity index (χ2n) is 7.32. The molecule has 0 saturated carbocycles. The van der Waals surface area contributed by atoms with Crippen LogP contribution >= 0.6 is 0 Å². The maximum absolute atomic E-state index is 13.0. The van der Waals surface area contributed by atoms with E-state index in [4.69, 9.17) is 15.2 Å². The first-order valence-electron chi connectivity index (χ1n) is 9.39. The van der Waals surface area contributed by atoms with E-state index in [9.17, 15) is 13.2 Å². The van der Waals surface area contributed by atoms with Crippen molar-refractivity contribution in [2.24, 2.45) is 11.7 Å². The van der Waals surface area contributed by atoms with Crippen molar-refractivity contribution in [1.82, 2.24) is 9.21 Å². The van der Waals surface area contributed by atoms with Crippen molar-refractivity contribution < 1.29 is 22.7 Å². The quantitative estimate of drug-likeness (QED) is 0.796. The number of piperidine rings is 1. The van der Waals surface area contributed by atoms with Gasteiger partial charge in [-0.25, -0.2) is 8.42 Å². The van der Waals surface area contributed by atoms with E-state index in [-0.39, 0.29) is 22.8 Å². The smallest absolute Gasteiger partial charge is 0.243 e. The molecular weight excluding hydrogens is 370 g/mol. The molecule has 0 radical (unpaired) electrons. The third-order valence-corrected chi connectivity index (χ3v) is 7.39. The number of nitrogens with zero attached hydrogens (tertiary/aromatic N) is 2. The molecule has 0 unspecified atom stereocenters. The Bertz CT molecular complexity index is 820. The largest absolute Gasteiger partial charge is 0.486 e. The lowest BCUT2D eigenvalue weighted by atomic mass is 9.97. The van der Waals surface area contributed by atoms with Gasteiger partial charge in [0.15, 0.2) is 11.5 Å². The lowest BCUT2D eigenvalue weighted by Gasteiger charge is -2.32. The van der Waals surface area contributed by atoms with Crippen LogP contribution < -0.4 is 15.2 Å². The van der Waals surface area contributed by atoms with Crippen LogP contribution in [0.2, 0.25) is 0 Å². The highest BCUT2D eigenvalue weighted by Crippen LogP contribution is 2.34. The van der Waals surface area contributed by atoms with E-state index >= 15 is 0 Å². The summed E-state index contributed by atoms with van der Waals surface area (Å²) in [6.45, 7) is 2.86. The number of nitrogens with two attached hydrogens (primary N) is 1. The monoisotopic (exact) mass is 395 g/mol. The van der Waals surface area contributed by atoms with Gasteiger partial charge < -0.3 is 20.1 Å². The minimum Gasteiger partial charge on any atom is -0.486 e. The molecule has 3 heterocycles. The number of sulfonamides is 1. The van der Waals surface area contributed by atoms with Gasteiger partial charge in [-0.15, -0.1) is 0 Å². The molecule has 0 bridgehead atoms. The number of fused-ring (bicyclic) bond motifs is 1. The minimum absolute atomic E-state index is 0.0598. The third-order valence-electron chi connectivity index (χ3n) is 5.49. The Labute approximate surface area is 159 Å². The summed E-state index contributed by atoms with van der Waals surface area (Å²) < 4.78 is 38.3. The molecule has 3 aliphatic rings. The predicted molar refractivity (Wildman–Crippen MR) is 98.1 cm³/mol. The molecule has 2 saturated heterocycles. The van der Waals surface area contributed by atoms with Gasteiger partial charge in [0, 0.05) is 44.2 Å². The van der Waals surface area contributed by atoms with Crippen molar-refractivity contribution in [1.29, 1.82) is 0 Å². The predicted octanol–water partition coefficient (Wildman–Crippen LogP) is 0.418. The summed E-state index contributed by atoms with van der Waals surface area (Å²) in [5, 5.41) is 0. The Kier molecular flexibility index (Phi) is 5.00. The zero-order valence-electron chi connectivity index (χ0n) is 15.2. The molecule has 0 aromatic heterocycles. The fourth-order valence-corrected chi connectivity index (χ4v) is 5.41. The van der Waals surface area contributed by atoms with Crippen molar-refractivity contribution in [2.75, 3.05) is 39.4 Å². The van der Waals surface area contributed by atoms with Crippen LogP contribution in [-0.4, -0.2) is 69.0 Å². The molecular formula is C18H25N3O5S. The Balaban J connectivity index is 1.42. The topological polar surface area (TPSA) is 102 Å². The Morgan fingerprint density at radius 1 is 1.04 bits per heavy atom. The van der Waals surface area contributed by atoms with Crippen LogP contribution in [0.25, 0.3) is 0 Å². The number of benzene rings is 1. The molecule has 4 rings (SSSR count). The zero-order chi connectivity index (χ0) is 19.0. The van der Waals surface area contributed by atoms with Gasteiger partial charge in [-0.05, 0) is 31.4 Å². The first-order chi connectivity index (χ1) is 12.9. The standard InChI is InChI=1S/C18H25N3O5S/c19-14-5-6-20(12-14)18(22)13-3-7-21(8-4-13)27(23,24)15-1-2-16-17(11-15)26-10-9-25-16/h1-2,11,13-14H,3-10,12,19H2/t14-/m1/s1. The number of amides is 1. The van der Waals surface area contributed by atoms with Crippen LogP contribution in [-0.2, 0) is 14.8 Å². The van der Waals surface area contributed by atoms with Gasteiger partial charge in [0.2, 0.25) is 15.9 Å². The van der Waals surface area contributed by atoms with Crippen LogP contribution in [0.15, 0.2) is 23.1 Å². The van der Waals surface area contributed by atoms with Gasteiger partial charge in [-0.2, -0.15) is 4.31 Å². The number of carbonyl (C=O) groups is 1. The summed E-state index contributed by atoms with van der Waals surface area (Å²) in [4.78, 5) is 14.6. The number of likely N-dealkylation sites (tertiary alicyclic amines) is 1. The SMILES string of the molecule is N[C@@H]1CCN(C(=O)C2CCN(S(=O)(=O)c3ccc4c(c3)OCCO4)CC2)C1. The van der Waals surface area contributed by atoms with E-state index in [1.807, 2.05) is 4.90 Å². The van der Waals surface area contributed by atoms with Gasteiger partial charge in [0.25, 0.3) is 0 Å². The fraction of sp³-hybridized carbons (Fsp3) is 0.611. The van der Waals surface area contributed by atoms with E-state index in [1.54, 1.807) is 12.1 Å². The maximum atomic E-state index is 13.0. The summed E-state index contributed by atoms with van der Waals surface area (Å²) >= 11 is 0. The number of rotatable bonds is 3. The molecule has 3 aliphatic heterocycles. The summed E-state index contributed by atoms with van der Waals surface area (Å²) in [5.41, 5.74) is 5.88. The van der Waals surface area contributed by atoms with Crippen molar-refractivity contribution >= 4 is 15.9 Å². The Morgan fingerprint density at radius 3 is 2.41 bits per heavy atom. The van der Waals surface area contributed by atoms with Crippen molar-refractivity contribution in [2.45, 2.75) is 30.2 Å². The number of hydrogen-bond donors (Lipinski definition) is 1. The van der Waals surface area contributed by atoms with Crippen molar-refractivity contribution in [3.63, 3.8) is 0 Å². The molecule has 9 heteroatoms. The highest BCUT2D eigenvalue weighted by molar-refractivity contribution is 7.89. The summed E-state index contributed by atoms with van der Waals surface area (Å²) in [5.74, 6) is 1.01. The first kappa shape index (κ1) is 18.5. The molecule has 0 spiro atoms. The maximum Gasteiger partial charge on any atom is 0.243 e. The molecule has 148 valence electrons. The van der Waals surface area contributed by atoms with Crippen LogP contribution in [0.3, 0.4) is 0 Å². The van der Waals surface area contributed by atoms with Crippen LogP contribution in [0.1, 0.15) is 19.3 Å². The van der Waals surface area contributed by atoms with E-state index in [0.29, 0.717) is 63.7 Å². The molecule has 1 aromatic rings. The highest BCUT2D eigenvalue weighted by atomic mass is 32.2. The Hall–Kier alpha value is -1.84. The van der Waals surface area contributed by atoms with Gasteiger partial charge in [0.05, 0.1) is 4.90 Å². The normalized spacial score (nSPS) is 24.2. The average molecular weight is 395 g/mol. The average Bonchev–Trinajstić information content (AvgIpc) is 3.13. The van der Waals surface area contributed by atoms with E-state index in [1.165, 1.54) is 10.4 Å². The molecule has 2 fully saturated rings. The lowest BCUT2D eigenvalue weighted by molar-refractivity contribution is -0.135. The molecule has 2 N–H and O–H groups in total. The molecule has 1 aromatic carbocycles. The second kappa shape index (κ2) is 7.29. The van der Waals surface area contributed by atoms with Gasteiger partial charge in [-0.1, -0.05) is 0 Å². The van der Waals surface area contributed by atoms with Gasteiger partial charge >= 0.3 is 0 Å². The first-order valence-corrected chi connectivity index (χ1v) is 10.8. The summed E-state index contributed by atoms with van der Waals surface area (Å²) in [6.07, 6.45) is 1.91. The van der Waals surface area contributed by atoms with E-state index < -0.39 is 10.0 Å². The molecule has 0 aliphatic carbocycles. The van der Waals surface area contributed by atoms with Crippen molar-refractivity contribution in [3.05, 3.63) is 18.2 Å². The van der Waals surface area contributed by atoms with Crippen LogP contribution in [0.4, 0.5) is 0 Å². The summed E-state index contributed by atoms with van der Waals surface area (Å²) in [7, 11) is -3.62. The fourth-order valence-electron chi connectivity index (χ4n) is 3.92. The number of hydrogen-bond acceptors (Lipinski definition) is 6. The van der Waals surface area contributed by atoms with Gasteiger partial charge in [0.1, 0.15) is 13.2 Å². The number of carbonyl (C=O) groups excluding carboxylic acids is 1. The minimum atomic E-state index is -3.62. The lowest BCUT2D eigenvalue weighted by Crippen LogP contribution is -2.44. The molecule has 27 heavy (non-hydrogen) atoms.